The number of anilines is 1. The topological polar surface area (TPSA) is 89.6 Å². The summed E-state index contributed by atoms with van der Waals surface area (Å²) in [6.45, 7) is 3.92. The van der Waals surface area contributed by atoms with E-state index in [1.165, 1.54) is 26.3 Å². The van der Waals surface area contributed by atoms with Gasteiger partial charge >= 0.3 is 51.4 Å². The van der Waals surface area contributed by atoms with Crippen LogP contribution in [0.2, 0.25) is 0 Å². The van der Waals surface area contributed by atoms with E-state index >= 15 is 0 Å². The van der Waals surface area contributed by atoms with Crippen LogP contribution in [0, 0.1) is 12.1 Å². The number of rotatable bonds is 4. The van der Waals surface area contributed by atoms with Gasteiger partial charge in [0.25, 0.3) is 0 Å². The quantitative estimate of drug-likeness (QED) is 0.382. The minimum absolute atomic E-state index is 0. The van der Waals surface area contributed by atoms with Gasteiger partial charge in [0.1, 0.15) is 5.82 Å². The maximum atomic E-state index is 11.6. The number of hydrogen-bond donors (Lipinski definition) is 1. The summed E-state index contributed by atoms with van der Waals surface area (Å²) in [5.41, 5.74) is 4.39. The number of hydroxylamine groups is 1. The molecule has 0 bridgehead atoms. The average Bonchev–Trinajstić information content (AvgIpc) is 3.56. The number of fused-ring (bicyclic) bond motifs is 3. The molecule has 7 nitrogen and oxygen atoms in total. The summed E-state index contributed by atoms with van der Waals surface area (Å²) in [4.78, 5) is 8.68. The second-order valence-electron chi connectivity index (χ2n) is 7.69. The zero-order valence-corrected chi connectivity index (χ0v) is 21.7. The first-order valence-corrected chi connectivity index (χ1v) is 10.3. The zero-order chi connectivity index (χ0) is 21.3. The molecule has 0 saturated heterocycles. The van der Waals surface area contributed by atoms with Crippen LogP contribution in [-0.4, -0.2) is 31.7 Å². The molecular weight excluding hydrogens is 417 g/mol. The molecule has 1 aliphatic carbocycles. The van der Waals surface area contributed by atoms with Crippen molar-refractivity contribution in [3.63, 3.8) is 0 Å². The molecule has 0 spiro atoms. The smallest absolute Gasteiger partial charge is 0.757 e. The van der Waals surface area contributed by atoms with Crippen molar-refractivity contribution in [3.8, 4) is 11.3 Å². The van der Waals surface area contributed by atoms with Crippen LogP contribution in [0.25, 0.3) is 27.5 Å². The molecule has 4 aromatic heterocycles. The number of aliphatic hydroxyl groups excluding tert-OH is 1. The number of pyridine rings is 3. The fourth-order valence-corrected chi connectivity index (χ4v) is 3.30. The van der Waals surface area contributed by atoms with E-state index in [9.17, 15) is 10.3 Å². The molecule has 156 valence electrons. The predicted octanol–water partition coefficient (Wildman–Crippen LogP) is 1.80. The Hall–Kier alpha value is -1.39. The van der Waals surface area contributed by atoms with Gasteiger partial charge in [0, 0.05) is 28.7 Å². The summed E-state index contributed by atoms with van der Waals surface area (Å²) in [5, 5.41) is 28.7. The fourth-order valence-electron chi connectivity index (χ4n) is 3.30. The molecule has 1 N–H and O–H groups in total. The van der Waals surface area contributed by atoms with Gasteiger partial charge in [0.15, 0.2) is 0 Å². The van der Waals surface area contributed by atoms with E-state index < -0.39 is 6.10 Å². The number of hydrogen-bond acceptors (Lipinski definition) is 6. The molecule has 1 fully saturated rings. The van der Waals surface area contributed by atoms with Gasteiger partial charge < -0.3 is 15.4 Å². The fraction of sp³-hybridized carbons (Fsp3) is 0.348. The summed E-state index contributed by atoms with van der Waals surface area (Å²) in [5.74, 6) is 0.356. The van der Waals surface area contributed by atoms with E-state index in [-0.39, 0.29) is 51.4 Å². The van der Waals surface area contributed by atoms with Gasteiger partial charge in [-0.05, 0) is 50.2 Å². The molecule has 0 radical (unpaired) electrons. The van der Waals surface area contributed by atoms with E-state index in [0.717, 1.165) is 38.2 Å². The van der Waals surface area contributed by atoms with Gasteiger partial charge in [-0.15, -0.1) is 0 Å². The van der Waals surface area contributed by atoms with Gasteiger partial charge in [-0.3, -0.25) is 4.98 Å². The Bertz CT molecular complexity index is 1190. The van der Waals surface area contributed by atoms with Gasteiger partial charge in [-0.25, -0.2) is 9.50 Å². The van der Waals surface area contributed by atoms with Crippen molar-refractivity contribution in [1.82, 2.24) is 19.6 Å². The molecule has 1 aliphatic rings. The molecule has 1 saturated carbocycles. The molecule has 4 aromatic rings. The molecule has 31 heavy (non-hydrogen) atoms. The first-order valence-electron chi connectivity index (χ1n) is 10.3. The van der Waals surface area contributed by atoms with Crippen molar-refractivity contribution in [3.05, 3.63) is 59.3 Å². The summed E-state index contributed by atoms with van der Waals surface area (Å²) in [6.07, 6.45) is 9.77. The zero-order valence-electron chi connectivity index (χ0n) is 18.5. The molecule has 4 heterocycles. The number of aromatic nitrogens is 4. The Kier molecular flexibility index (Phi) is 8.20. The van der Waals surface area contributed by atoms with Crippen molar-refractivity contribution in [2.45, 2.75) is 45.6 Å². The summed E-state index contributed by atoms with van der Waals surface area (Å²) in [7, 11) is 1.43. The molecule has 0 amide bonds. The molecule has 1 atom stereocenters. The van der Waals surface area contributed by atoms with Crippen molar-refractivity contribution in [1.29, 1.82) is 0 Å². The van der Waals surface area contributed by atoms with Crippen molar-refractivity contribution in [2.75, 3.05) is 12.1 Å². The Morgan fingerprint density at radius 1 is 1.16 bits per heavy atom. The molecule has 1 unspecified atom stereocenters. The molecular formula is C23H26KN5O2. The standard InChI is InChI=1S/C20H20N5O2.C3H6.K/c1-4-19(26)16-7-12(2)15(11-21-16)18-8-13-10-22-20(24(3)27)9-14(13)17-5-6-23-25(17)18;1-2-3-1;/h5-11,19,26H,4H2,1-3H3;1-3H2;/q-1;;+1. The maximum absolute atomic E-state index is 11.6. The van der Waals surface area contributed by atoms with Gasteiger partial charge in [-0.2, -0.15) is 5.10 Å². The first-order chi connectivity index (χ1) is 14.5. The number of aryl methyl sites for hydroxylation is 1. The van der Waals surface area contributed by atoms with Crippen LogP contribution in [0.1, 0.15) is 50.0 Å². The summed E-state index contributed by atoms with van der Waals surface area (Å²) in [6, 6.07) is 7.60. The molecule has 0 aliphatic heterocycles. The second-order valence-corrected chi connectivity index (χ2v) is 7.69. The van der Waals surface area contributed by atoms with Crippen LogP contribution in [0.15, 0.2) is 42.9 Å². The molecule has 8 heteroatoms. The monoisotopic (exact) mass is 443 g/mol. The Balaban J connectivity index is 0.000000628. The molecule has 5 rings (SSSR count). The molecule has 0 aromatic carbocycles. The van der Waals surface area contributed by atoms with Crippen LogP contribution in [0.4, 0.5) is 5.82 Å². The Morgan fingerprint density at radius 3 is 2.52 bits per heavy atom. The van der Waals surface area contributed by atoms with Crippen molar-refractivity contribution in [2.24, 2.45) is 0 Å². The van der Waals surface area contributed by atoms with Gasteiger partial charge in [0.2, 0.25) is 0 Å². The predicted molar refractivity (Wildman–Crippen MR) is 119 cm³/mol. The van der Waals surface area contributed by atoms with E-state index in [4.69, 9.17) is 0 Å². The Morgan fingerprint density at radius 2 is 1.90 bits per heavy atom. The van der Waals surface area contributed by atoms with Crippen LogP contribution >= 0.6 is 0 Å². The number of nitrogens with zero attached hydrogens (tertiary/aromatic N) is 5. The first kappa shape index (κ1) is 24.3. The summed E-state index contributed by atoms with van der Waals surface area (Å²) >= 11 is 0. The van der Waals surface area contributed by atoms with Crippen molar-refractivity contribution >= 4 is 22.1 Å². The van der Waals surface area contributed by atoms with Gasteiger partial charge in [0.05, 0.1) is 29.2 Å². The van der Waals surface area contributed by atoms with E-state index in [1.54, 1.807) is 24.7 Å². The van der Waals surface area contributed by atoms with Crippen LogP contribution < -0.4 is 56.4 Å². The van der Waals surface area contributed by atoms with Crippen LogP contribution in [0.5, 0.6) is 0 Å². The van der Waals surface area contributed by atoms with Crippen LogP contribution in [0.3, 0.4) is 0 Å². The van der Waals surface area contributed by atoms with E-state index in [1.807, 2.05) is 36.6 Å². The number of aliphatic hydroxyl groups is 1. The maximum Gasteiger partial charge on any atom is 1.00 e. The normalized spacial score (nSPS) is 13.3. The second kappa shape index (κ2) is 10.5. The third-order valence-electron chi connectivity index (χ3n) is 5.17. The third-order valence-corrected chi connectivity index (χ3v) is 5.17. The van der Waals surface area contributed by atoms with Crippen molar-refractivity contribution < 1.29 is 56.5 Å². The summed E-state index contributed by atoms with van der Waals surface area (Å²) < 4.78 is 1.84. The SMILES string of the molecule is C1CC1.CCC(O)c1cc(C)c(-c2cc3cnc(N(C)[O-])cc3c3ccnn23)cn1.[K+]. The average molecular weight is 444 g/mol. The van der Waals surface area contributed by atoms with E-state index in [0.29, 0.717) is 17.9 Å². The van der Waals surface area contributed by atoms with Gasteiger partial charge in [-0.1, -0.05) is 26.2 Å². The van der Waals surface area contributed by atoms with Crippen LogP contribution in [-0.2, 0) is 0 Å². The largest absolute Gasteiger partial charge is 1.00 e. The minimum Gasteiger partial charge on any atom is -0.757 e. The third kappa shape index (κ3) is 5.34. The Labute approximate surface area is 224 Å². The van der Waals surface area contributed by atoms with E-state index in [2.05, 4.69) is 15.1 Å². The minimum atomic E-state index is -0.564.